The van der Waals surface area contributed by atoms with Crippen LogP contribution in [0.2, 0.25) is 0 Å². The van der Waals surface area contributed by atoms with E-state index in [0.29, 0.717) is 29.7 Å². The Bertz CT molecular complexity index is 861. The van der Waals surface area contributed by atoms with Crippen molar-refractivity contribution in [2.24, 2.45) is 5.92 Å². The number of rotatable bonds is 5. The summed E-state index contributed by atoms with van der Waals surface area (Å²) in [5, 5.41) is 2.83. The zero-order chi connectivity index (χ0) is 22.0. The first kappa shape index (κ1) is 22.4. The molecular weight excluding hydrogens is 406 g/mol. The van der Waals surface area contributed by atoms with Crippen molar-refractivity contribution in [3.05, 3.63) is 40.9 Å². The lowest BCUT2D eigenvalue weighted by Gasteiger charge is -2.39. The van der Waals surface area contributed by atoms with Crippen LogP contribution in [0.4, 0.5) is 0 Å². The maximum atomic E-state index is 13.0. The van der Waals surface area contributed by atoms with Crippen LogP contribution < -0.4 is 0 Å². The van der Waals surface area contributed by atoms with E-state index in [1.807, 2.05) is 10.3 Å². The predicted molar refractivity (Wildman–Crippen MR) is 127 cm³/mol. The largest absolute Gasteiger partial charge is 0.373 e. The van der Waals surface area contributed by atoms with Crippen LogP contribution in [-0.2, 0) is 4.74 Å². The molecular formula is C25H35N3O2S. The molecule has 2 aliphatic rings. The Balaban J connectivity index is 1.31. The molecule has 3 heterocycles. The molecule has 1 aromatic carbocycles. The molecule has 1 amide bonds. The van der Waals surface area contributed by atoms with E-state index in [-0.39, 0.29) is 5.91 Å². The second kappa shape index (κ2) is 9.80. The summed E-state index contributed by atoms with van der Waals surface area (Å²) in [5.74, 6) is 1.25. The molecule has 168 valence electrons. The van der Waals surface area contributed by atoms with E-state index >= 15 is 0 Å². The van der Waals surface area contributed by atoms with Crippen molar-refractivity contribution < 1.29 is 9.53 Å². The first-order valence-electron chi connectivity index (χ1n) is 11.6. The van der Waals surface area contributed by atoms with Crippen LogP contribution in [0.1, 0.15) is 62.5 Å². The molecule has 5 nitrogen and oxygen atoms in total. The van der Waals surface area contributed by atoms with Crippen LogP contribution in [0.5, 0.6) is 0 Å². The first-order chi connectivity index (χ1) is 14.9. The van der Waals surface area contributed by atoms with Crippen LogP contribution in [0.25, 0.3) is 10.6 Å². The topological polar surface area (TPSA) is 45.7 Å². The van der Waals surface area contributed by atoms with Gasteiger partial charge in [-0.3, -0.25) is 9.69 Å². The standard InChI is InChI=1S/C25H35N3O2S/c1-17(2)21-5-7-22(8-6-21)24-26-23(16-31-24)25(29)28-11-9-20(10-12-28)15-27-13-18(3)30-19(4)14-27/h5-8,16-20H,9-15H2,1-4H3. The number of hydrogen-bond acceptors (Lipinski definition) is 5. The maximum Gasteiger partial charge on any atom is 0.273 e. The van der Waals surface area contributed by atoms with Crippen molar-refractivity contribution in [1.82, 2.24) is 14.8 Å². The van der Waals surface area contributed by atoms with Gasteiger partial charge >= 0.3 is 0 Å². The summed E-state index contributed by atoms with van der Waals surface area (Å²) in [4.78, 5) is 22.2. The van der Waals surface area contributed by atoms with Crippen molar-refractivity contribution in [3.8, 4) is 10.6 Å². The molecule has 2 unspecified atom stereocenters. The molecule has 0 radical (unpaired) electrons. The van der Waals surface area contributed by atoms with E-state index in [9.17, 15) is 4.79 Å². The second-order valence-electron chi connectivity index (χ2n) is 9.53. The van der Waals surface area contributed by atoms with Crippen molar-refractivity contribution >= 4 is 17.2 Å². The van der Waals surface area contributed by atoms with Crippen LogP contribution in [0.15, 0.2) is 29.6 Å². The Kier molecular flexibility index (Phi) is 7.09. The summed E-state index contributed by atoms with van der Waals surface area (Å²) in [6.07, 6.45) is 2.76. The molecule has 0 saturated carbocycles. The van der Waals surface area contributed by atoms with Gasteiger partial charge in [0.05, 0.1) is 12.2 Å². The predicted octanol–water partition coefficient (Wildman–Crippen LogP) is 4.89. The molecule has 31 heavy (non-hydrogen) atoms. The third-order valence-corrected chi connectivity index (χ3v) is 7.35. The fraction of sp³-hybridized carbons (Fsp3) is 0.600. The summed E-state index contributed by atoms with van der Waals surface area (Å²) >= 11 is 1.56. The quantitative estimate of drug-likeness (QED) is 0.662. The zero-order valence-corrected chi connectivity index (χ0v) is 20.0. The third-order valence-electron chi connectivity index (χ3n) is 6.46. The summed E-state index contributed by atoms with van der Waals surface area (Å²) in [6.45, 7) is 13.5. The second-order valence-corrected chi connectivity index (χ2v) is 10.4. The maximum absolute atomic E-state index is 13.0. The number of carbonyl (C=O) groups is 1. The van der Waals surface area contributed by atoms with E-state index in [2.05, 4.69) is 61.8 Å². The lowest BCUT2D eigenvalue weighted by atomic mass is 9.95. The fourth-order valence-corrected chi connectivity index (χ4v) is 5.59. The van der Waals surface area contributed by atoms with Gasteiger partial charge in [0, 0.05) is 43.7 Å². The van der Waals surface area contributed by atoms with E-state index in [4.69, 9.17) is 4.74 Å². The first-order valence-corrected chi connectivity index (χ1v) is 12.5. The van der Waals surface area contributed by atoms with E-state index in [0.717, 1.165) is 56.1 Å². The Morgan fingerprint density at radius 1 is 1.13 bits per heavy atom. The molecule has 1 aromatic heterocycles. The van der Waals surface area contributed by atoms with Crippen molar-refractivity contribution in [3.63, 3.8) is 0 Å². The van der Waals surface area contributed by atoms with Gasteiger partial charge in [0.15, 0.2) is 0 Å². The average molecular weight is 442 g/mol. The molecule has 0 N–H and O–H groups in total. The molecule has 2 fully saturated rings. The fourth-order valence-electron chi connectivity index (χ4n) is 4.79. The molecule has 2 saturated heterocycles. The van der Waals surface area contributed by atoms with Crippen molar-refractivity contribution in [1.29, 1.82) is 0 Å². The molecule has 6 heteroatoms. The summed E-state index contributed by atoms with van der Waals surface area (Å²) in [7, 11) is 0. The van der Waals surface area contributed by atoms with Crippen LogP contribution in [0.3, 0.4) is 0 Å². The number of carbonyl (C=O) groups excluding carboxylic acids is 1. The molecule has 2 aliphatic heterocycles. The van der Waals surface area contributed by atoms with Gasteiger partial charge < -0.3 is 9.64 Å². The highest BCUT2D eigenvalue weighted by Crippen LogP contribution is 2.27. The van der Waals surface area contributed by atoms with E-state index in [1.54, 1.807) is 11.3 Å². The molecule has 0 aliphatic carbocycles. The molecule has 2 aromatic rings. The summed E-state index contributed by atoms with van der Waals surface area (Å²) in [5.41, 5.74) is 2.99. The number of thiazole rings is 1. The number of ether oxygens (including phenoxy) is 1. The van der Waals surface area contributed by atoms with Gasteiger partial charge in [0.1, 0.15) is 10.7 Å². The highest BCUT2D eigenvalue weighted by Gasteiger charge is 2.29. The molecule has 0 spiro atoms. The summed E-state index contributed by atoms with van der Waals surface area (Å²) < 4.78 is 5.85. The van der Waals surface area contributed by atoms with Crippen LogP contribution >= 0.6 is 11.3 Å². The molecule has 0 bridgehead atoms. The third kappa shape index (κ3) is 5.54. The number of aromatic nitrogens is 1. The lowest BCUT2D eigenvalue weighted by molar-refractivity contribution is -0.0728. The lowest BCUT2D eigenvalue weighted by Crippen LogP contribution is -2.48. The monoisotopic (exact) mass is 441 g/mol. The number of likely N-dealkylation sites (tertiary alicyclic amines) is 1. The number of morpholine rings is 1. The zero-order valence-electron chi connectivity index (χ0n) is 19.2. The minimum absolute atomic E-state index is 0.0772. The average Bonchev–Trinajstić information content (AvgIpc) is 3.23. The van der Waals surface area contributed by atoms with Gasteiger partial charge in [0.25, 0.3) is 5.91 Å². The van der Waals surface area contributed by atoms with Gasteiger partial charge in [-0.25, -0.2) is 4.98 Å². The number of piperidine rings is 1. The van der Waals surface area contributed by atoms with E-state index < -0.39 is 0 Å². The SMILES string of the molecule is CC1CN(CC2CCN(C(=O)c3csc(-c4ccc(C(C)C)cc4)n3)CC2)CC(C)O1. The van der Waals surface area contributed by atoms with Crippen LogP contribution in [-0.4, -0.2) is 65.6 Å². The number of nitrogens with zero attached hydrogens (tertiary/aromatic N) is 3. The summed E-state index contributed by atoms with van der Waals surface area (Å²) in [6, 6.07) is 8.54. The van der Waals surface area contributed by atoms with Gasteiger partial charge in [-0.15, -0.1) is 11.3 Å². The highest BCUT2D eigenvalue weighted by molar-refractivity contribution is 7.13. The van der Waals surface area contributed by atoms with Crippen LogP contribution in [0, 0.1) is 5.92 Å². The Labute approximate surface area is 190 Å². The van der Waals surface area contributed by atoms with Crippen molar-refractivity contribution in [2.75, 3.05) is 32.7 Å². The minimum atomic E-state index is 0.0772. The van der Waals surface area contributed by atoms with Crippen molar-refractivity contribution in [2.45, 2.75) is 58.7 Å². The minimum Gasteiger partial charge on any atom is -0.373 e. The van der Waals surface area contributed by atoms with Gasteiger partial charge in [-0.05, 0) is 44.1 Å². The number of benzene rings is 1. The molecule has 2 atom stereocenters. The number of amides is 1. The Hall–Kier alpha value is -1.76. The Morgan fingerprint density at radius 2 is 1.77 bits per heavy atom. The highest BCUT2D eigenvalue weighted by atomic mass is 32.1. The van der Waals surface area contributed by atoms with E-state index in [1.165, 1.54) is 5.56 Å². The van der Waals surface area contributed by atoms with Gasteiger partial charge in [-0.2, -0.15) is 0 Å². The Morgan fingerprint density at radius 3 is 2.39 bits per heavy atom. The van der Waals surface area contributed by atoms with Gasteiger partial charge in [0.2, 0.25) is 0 Å². The smallest absolute Gasteiger partial charge is 0.273 e. The van der Waals surface area contributed by atoms with Gasteiger partial charge in [-0.1, -0.05) is 38.1 Å². The number of hydrogen-bond donors (Lipinski definition) is 0. The molecule has 4 rings (SSSR count). The normalized spacial score (nSPS) is 23.5.